The lowest BCUT2D eigenvalue weighted by Crippen LogP contribution is -2.17. The smallest absolute Gasteiger partial charge is 0.272 e. The number of aliphatic hydroxyl groups is 1. The van der Waals surface area contributed by atoms with Crippen molar-refractivity contribution in [3.8, 4) is 22.9 Å². The second-order valence-electron chi connectivity index (χ2n) is 5.61. The second-order valence-corrected chi connectivity index (χ2v) is 5.61. The summed E-state index contributed by atoms with van der Waals surface area (Å²) in [5.41, 5.74) is 1.26. The summed E-state index contributed by atoms with van der Waals surface area (Å²) in [7, 11) is 1.59. The molecule has 0 radical (unpaired) electrons. The number of methoxy groups -OCH3 is 1. The van der Waals surface area contributed by atoms with Crippen molar-refractivity contribution in [2.45, 2.75) is 6.92 Å². The number of nitriles is 1. The van der Waals surface area contributed by atoms with E-state index in [0.29, 0.717) is 0 Å². The third kappa shape index (κ3) is 3.81. The zero-order chi connectivity index (χ0) is 20.1. The van der Waals surface area contributed by atoms with Crippen LogP contribution in [-0.2, 0) is 4.79 Å². The fourth-order valence-electron chi connectivity index (χ4n) is 2.36. The fourth-order valence-corrected chi connectivity index (χ4v) is 2.36. The number of ether oxygens (including phenoxy) is 1. The number of aliphatic hydroxyl groups excluding tert-OH is 1. The van der Waals surface area contributed by atoms with E-state index < -0.39 is 17.2 Å². The van der Waals surface area contributed by atoms with Gasteiger partial charge in [0.25, 0.3) is 5.91 Å². The molecule has 0 saturated heterocycles. The predicted octanol–water partition coefficient (Wildman–Crippen LogP) is 2.88. The lowest BCUT2D eigenvalue weighted by atomic mass is 10.1. The Kier molecular flexibility index (Phi) is 5.32. The number of anilines is 1. The normalized spacial score (nSPS) is 11.3. The molecule has 1 amide bonds. The highest BCUT2D eigenvalue weighted by Crippen LogP contribution is 2.22. The molecule has 0 atom stereocenters. The molecular formula is C19H15N5O4. The number of amides is 1. The van der Waals surface area contributed by atoms with E-state index in [1.165, 1.54) is 18.6 Å². The topological polar surface area (TPSA) is 134 Å². The molecule has 3 aromatic rings. The maximum atomic E-state index is 12.3. The van der Waals surface area contributed by atoms with Gasteiger partial charge in [0, 0.05) is 18.0 Å². The van der Waals surface area contributed by atoms with Crippen LogP contribution < -0.4 is 10.1 Å². The largest absolute Gasteiger partial charge is 0.506 e. The van der Waals surface area contributed by atoms with Gasteiger partial charge in [0.15, 0.2) is 11.3 Å². The van der Waals surface area contributed by atoms with E-state index in [1.54, 1.807) is 20.1 Å². The molecule has 2 aromatic heterocycles. The molecule has 0 aliphatic carbocycles. The van der Waals surface area contributed by atoms with Gasteiger partial charge >= 0.3 is 0 Å². The van der Waals surface area contributed by atoms with Crippen LogP contribution in [0.2, 0.25) is 0 Å². The summed E-state index contributed by atoms with van der Waals surface area (Å²) in [6.07, 6.45) is 4.28. The highest BCUT2D eigenvalue weighted by atomic mass is 16.5. The van der Waals surface area contributed by atoms with Crippen molar-refractivity contribution in [1.29, 1.82) is 5.26 Å². The molecule has 3 rings (SSSR count). The van der Waals surface area contributed by atoms with Crippen LogP contribution in [0.1, 0.15) is 11.3 Å². The zero-order valence-electron chi connectivity index (χ0n) is 15.0. The van der Waals surface area contributed by atoms with E-state index in [2.05, 4.69) is 20.4 Å². The molecule has 0 aliphatic heterocycles. The highest BCUT2D eigenvalue weighted by molar-refractivity contribution is 6.10. The van der Waals surface area contributed by atoms with Crippen molar-refractivity contribution in [2.24, 2.45) is 0 Å². The summed E-state index contributed by atoms with van der Waals surface area (Å²) < 4.78 is 9.94. The average molecular weight is 377 g/mol. The Balaban J connectivity index is 1.78. The standard InChI is InChI=1S/C19H15N5O4/c1-11-16(10-23-28-11)17(25)15(7-20)18(26)24-19-21-8-13(9-22-19)12-3-5-14(27-2)6-4-12/h3-6,8-10,25H,1-2H3,(H,21,22,24,26)/b17-15-. The Morgan fingerprint density at radius 3 is 2.39 bits per heavy atom. The van der Waals surface area contributed by atoms with E-state index in [1.807, 2.05) is 24.3 Å². The highest BCUT2D eigenvalue weighted by Gasteiger charge is 2.20. The minimum atomic E-state index is -0.849. The minimum Gasteiger partial charge on any atom is -0.506 e. The number of hydrogen-bond donors (Lipinski definition) is 2. The monoisotopic (exact) mass is 377 g/mol. The number of nitrogens with one attached hydrogen (secondary N) is 1. The van der Waals surface area contributed by atoms with Crippen LogP contribution in [0.4, 0.5) is 5.95 Å². The first-order valence-corrected chi connectivity index (χ1v) is 8.06. The van der Waals surface area contributed by atoms with Crippen LogP contribution in [0.5, 0.6) is 5.75 Å². The molecular weight excluding hydrogens is 362 g/mol. The second kappa shape index (κ2) is 8.01. The number of hydrogen-bond acceptors (Lipinski definition) is 8. The lowest BCUT2D eigenvalue weighted by molar-refractivity contribution is -0.112. The van der Waals surface area contributed by atoms with Crippen molar-refractivity contribution in [1.82, 2.24) is 15.1 Å². The number of rotatable bonds is 5. The molecule has 2 N–H and O–H groups in total. The van der Waals surface area contributed by atoms with E-state index >= 15 is 0 Å². The summed E-state index contributed by atoms with van der Waals surface area (Å²) in [4.78, 5) is 20.5. The van der Waals surface area contributed by atoms with Gasteiger partial charge in [-0.3, -0.25) is 10.1 Å². The summed E-state index contributed by atoms with van der Waals surface area (Å²) in [5.74, 6) is -0.387. The molecule has 9 heteroatoms. The number of aromatic nitrogens is 3. The maximum Gasteiger partial charge on any atom is 0.272 e. The maximum absolute atomic E-state index is 12.3. The van der Waals surface area contributed by atoms with Crippen molar-refractivity contribution >= 4 is 17.6 Å². The van der Waals surface area contributed by atoms with Gasteiger partial charge in [-0.15, -0.1) is 0 Å². The molecule has 9 nitrogen and oxygen atoms in total. The summed E-state index contributed by atoms with van der Waals surface area (Å²) in [5, 5.41) is 25.3. The van der Waals surface area contributed by atoms with Gasteiger partial charge in [-0.2, -0.15) is 5.26 Å². The Bertz CT molecular complexity index is 1060. The van der Waals surface area contributed by atoms with Gasteiger partial charge in [-0.1, -0.05) is 17.3 Å². The average Bonchev–Trinajstić information content (AvgIpc) is 3.15. The van der Waals surface area contributed by atoms with E-state index in [-0.39, 0.29) is 17.3 Å². The van der Waals surface area contributed by atoms with Crippen LogP contribution in [0, 0.1) is 18.3 Å². The number of aryl methyl sites for hydroxylation is 1. The summed E-state index contributed by atoms with van der Waals surface area (Å²) >= 11 is 0. The number of benzene rings is 1. The molecule has 0 fully saturated rings. The van der Waals surface area contributed by atoms with Gasteiger partial charge in [0.2, 0.25) is 5.95 Å². The predicted molar refractivity (Wildman–Crippen MR) is 99.1 cm³/mol. The van der Waals surface area contributed by atoms with Gasteiger partial charge in [0.05, 0.1) is 18.9 Å². The first-order chi connectivity index (χ1) is 13.5. The molecule has 28 heavy (non-hydrogen) atoms. The number of carbonyl (C=O) groups excluding carboxylic acids is 1. The van der Waals surface area contributed by atoms with Gasteiger partial charge in [0.1, 0.15) is 17.6 Å². The van der Waals surface area contributed by atoms with Crippen molar-refractivity contribution < 1.29 is 19.2 Å². The van der Waals surface area contributed by atoms with Crippen molar-refractivity contribution in [3.63, 3.8) is 0 Å². The van der Waals surface area contributed by atoms with Gasteiger partial charge in [-0.05, 0) is 24.6 Å². The molecule has 0 unspecified atom stereocenters. The fraction of sp³-hybridized carbons (Fsp3) is 0.105. The Hall–Kier alpha value is -4.19. The minimum absolute atomic E-state index is 0.00940. The molecule has 0 saturated carbocycles. The molecule has 140 valence electrons. The summed E-state index contributed by atoms with van der Waals surface area (Å²) in [6, 6.07) is 8.99. The quantitative estimate of drug-likeness (QED) is 0.394. The molecule has 1 aromatic carbocycles. The van der Waals surface area contributed by atoms with Crippen LogP contribution in [0.3, 0.4) is 0 Å². The van der Waals surface area contributed by atoms with Crippen LogP contribution in [0.25, 0.3) is 16.9 Å². The van der Waals surface area contributed by atoms with Crippen LogP contribution >= 0.6 is 0 Å². The van der Waals surface area contributed by atoms with Gasteiger partial charge < -0.3 is 14.4 Å². The van der Waals surface area contributed by atoms with E-state index in [0.717, 1.165) is 16.9 Å². The molecule has 0 aliphatic rings. The molecule has 0 spiro atoms. The SMILES string of the molecule is COc1ccc(-c2cnc(NC(=O)/C(C#N)=C(\O)c3cnoc3C)nc2)cc1. The molecule has 0 bridgehead atoms. The summed E-state index contributed by atoms with van der Waals surface area (Å²) in [6.45, 7) is 1.55. The number of nitrogens with zero attached hydrogens (tertiary/aromatic N) is 4. The van der Waals surface area contributed by atoms with Crippen molar-refractivity contribution in [3.05, 3.63) is 59.8 Å². The van der Waals surface area contributed by atoms with Gasteiger partial charge in [-0.25, -0.2) is 9.97 Å². The van der Waals surface area contributed by atoms with Crippen molar-refractivity contribution in [2.75, 3.05) is 12.4 Å². The first-order valence-electron chi connectivity index (χ1n) is 8.06. The third-order valence-electron chi connectivity index (χ3n) is 3.88. The van der Waals surface area contributed by atoms with E-state index in [4.69, 9.17) is 9.26 Å². The number of carbonyl (C=O) groups is 1. The van der Waals surface area contributed by atoms with Crippen LogP contribution in [0.15, 0.2) is 53.0 Å². The third-order valence-corrected chi connectivity index (χ3v) is 3.88. The first kappa shape index (κ1) is 18.6. The Labute approximate surface area is 159 Å². The van der Waals surface area contributed by atoms with Crippen LogP contribution in [-0.4, -0.2) is 33.2 Å². The molecule has 2 heterocycles. The Morgan fingerprint density at radius 1 is 1.18 bits per heavy atom. The lowest BCUT2D eigenvalue weighted by Gasteiger charge is -2.06. The van der Waals surface area contributed by atoms with E-state index in [9.17, 15) is 15.2 Å². The zero-order valence-corrected chi connectivity index (χ0v) is 15.0. The Morgan fingerprint density at radius 2 is 1.86 bits per heavy atom.